The van der Waals surface area contributed by atoms with Gasteiger partial charge in [-0.05, 0) is 37.6 Å². The molecule has 6 nitrogen and oxygen atoms in total. The zero-order chi connectivity index (χ0) is 19.6. The van der Waals surface area contributed by atoms with Gasteiger partial charge in [0.2, 0.25) is 11.8 Å². The average molecular weight is 380 g/mol. The standard InChI is InChI=1S/C19H22F2N2O4/c1-22(10-12-7-8-15(27-19(20)21)16(9-12)26-2)11-23-17(24)13-5-3-4-6-14(13)18(23)25/h3-4,7-9,13-14,19H,5-6,10-11H2,1-2H3/t13-,14-/m1/s1. The lowest BCUT2D eigenvalue weighted by atomic mass is 9.85. The van der Waals surface area contributed by atoms with E-state index in [-0.39, 0.29) is 41.8 Å². The molecule has 1 fully saturated rings. The number of carbonyl (C=O) groups excluding carboxylic acids is 2. The molecule has 1 aromatic rings. The molecule has 1 aliphatic carbocycles. The number of carbonyl (C=O) groups is 2. The predicted octanol–water partition coefficient (Wildman–Crippen LogP) is 2.64. The minimum atomic E-state index is -2.93. The van der Waals surface area contributed by atoms with Gasteiger partial charge in [0.1, 0.15) is 0 Å². The van der Waals surface area contributed by atoms with Crippen LogP contribution in [0.3, 0.4) is 0 Å². The Morgan fingerprint density at radius 3 is 2.33 bits per heavy atom. The highest BCUT2D eigenvalue weighted by Gasteiger charge is 2.47. The highest BCUT2D eigenvalue weighted by atomic mass is 19.3. The number of benzene rings is 1. The molecule has 146 valence electrons. The van der Waals surface area contributed by atoms with E-state index in [9.17, 15) is 18.4 Å². The summed E-state index contributed by atoms with van der Waals surface area (Å²) in [5.41, 5.74) is 0.786. The van der Waals surface area contributed by atoms with Crippen LogP contribution in [0.15, 0.2) is 30.4 Å². The molecule has 0 saturated carbocycles. The molecule has 1 saturated heterocycles. The van der Waals surface area contributed by atoms with Crippen LogP contribution in [0.5, 0.6) is 11.5 Å². The zero-order valence-electron chi connectivity index (χ0n) is 15.2. The summed E-state index contributed by atoms with van der Waals surface area (Å²) in [4.78, 5) is 28.2. The molecule has 0 unspecified atom stereocenters. The summed E-state index contributed by atoms with van der Waals surface area (Å²) in [5.74, 6) is -0.588. The second-order valence-corrected chi connectivity index (χ2v) is 6.78. The van der Waals surface area contributed by atoms with Crippen molar-refractivity contribution in [1.82, 2.24) is 9.80 Å². The van der Waals surface area contributed by atoms with E-state index in [0.29, 0.717) is 19.4 Å². The van der Waals surface area contributed by atoms with E-state index >= 15 is 0 Å². The average Bonchev–Trinajstić information content (AvgIpc) is 2.88. The Bertz CT molecular complexity index is 727. The summed E-state index contributed by atoms with van der Waals surface area (Å²) >= 11 is 0. The third kappa shape index (κ3) is 4.10. The second-order valence-electron chi connectivity index (χ2n) is 6.78. The van der Waals surface area contributed by atoms with Crippen molar-refractivity contribution in [2.45, 2.75) is 26.0 Å². The van der Waals surface area contributed by atoms with Gasteiger partial charge in [-0.3, -0.25) is 19.4 Å². The molecule has 0 radical (unpaired) electrons. The van der Waals surface area contributed by atoms with Crippen LogP contribution in [0.4, 0.5) is 8.78 Å². The van der Waals surface area contributed by atoms with Gasteiger partial charge >= 0.3 is 6.61 Å². The van der Waals surface area contributed by atoms with Crippen LogP contribution in [0, 0.1) is 11.8 Å². The third-order valence-electron chi connectivity index (χ3n) is 4.88. The van der Waals surface area contributed by atoms with E-state index in [1.807, 2.05) is 17.1 Å². The Kier molecular flexibility index (Phi) is 5.74. The molecular formula is C19H22F2N2O4. The number of hydrogen-bond acceptors (Lipinski definition) is 5. The van der Waals surface area contributed by atoms with Crippen molar-refractivity contribution >= 4 is 11.8 Å². The lowest BCUT2D eigenvalue weighted by molar-refractivity contribution is -0.142. The molecule has 0 spiro atoms. The lowest BCUT2D eigenvalue weighted by Gasteiger charge is -2.23. The summed E-state index contributed by atoms with van der Waals surface area (Å²) in [6.07, 6.45) is 5.13. The Labute approximate surface area is 156 Å². The van der Waals surface area contributed by atoms with Crippen molar-refractivity contribution in [3.8, 4) is 11.5 Å². The van der Waals surface area contributed by atoms with Gasteiger partial charge < -0.3 is 9.47 Å². The molecule has 1 aliphatic heterocycles. The zero-order valence-corrected chi connectivity index (χ0v) is 15.2. The molecule has 1 heterocycles. The minimum absolute atomic E-state index is 0.0413. The fourth-order valence-corrected chi connectivity index (χ4v) is 3.62. The van der Waals surface area contributed by atoms with Crippen LogP contribution in [0.25, 0.3) is 0 Å². The first-order valence-corrected chi connectivity index (χ1v) is 8.71. The Morgan fingerprint density at radius 1 is 1.15 bits per heavy atom. The summed E-state index contributed by atoms with van der Waals surface area (Å²) in [6, 6.07) is 4.67. The fourth-order valence-electron chi connectivity index (χ4n) is 3.62. The lowest BCUT2D eigenvalue weighted by Crippen LogP contribution is -2.40. The van der Waals surface area contributed by atoms with Crippen molar-refractivity contribution in [3.63, 3.8) is 0 Å². The monoisotopic (exact) mass is 380 g/mol. The van der Waals surface area contributed by atoms with E-state index in [2.05, 4.69) is 4.74 Å². The molecule has 3 rings (SSSR count). The number of imide groups is 1. The SMILES string of the molecule is COc1cc(CN(C)CN2C(=O)[C@@H]3CC=CC[C@H]3C2=O)ccc1OC(F)F. The number of rotatable bonds is 7. The third-order valence-corrected chi connectivity index (χ3v) is 4.88. The summed E-state index contributed by atoms with van der Waals surface area (Å²) in [5, 5.41) is 0. The highest BCUT2D eigenvalue weighted by molar-refractivity contribution is 6.05. The van der Waals surface area contributed by atoms with Crippen LogP contribution in [-0.4, -0.2) is 49.1 Å². The van der Waals surface area contributed by atoms with E-state index in [0.717, 1.165) is 5.56 Å². The van der Waals surface area contributed by atoms with Crippen molar-refractivity contribution in [3.05, 3.63) is 35.9 Å². The van der Waals surface area contributed by atoms with Crippen LogP contribution >= 0.6 is 0 Å². The van der Waals surface area contributed by atoms with Gasteiger partial charge in [-0.25, -0.2) is 0 Å². The van der Waals surface area contributed by atoms with Gasteiger partial charge in [-0.2, -0.15) is 8.78 Å². The smallest absolute Gasteiger partial charge is 0.387 e. The number of allylic oxidation sites excluding steroid dienone is 2. The van der Waals surface area contributed by atoms with E-state index in [1.54, 1.807) is 19.2 Å². The van der Waals surface area contributed by atoms with Gasteiger partial charge in [0.25, 0.3) is 0 Å². The summed E-state index contributed by atoms with van der Waals surface area (Å²) in [6.45, 7) is -2.34. The molecule has 0 N–H and O–H groups in total. The number of amides is 2. The number of nitrogens with zero attached hydrogens (tertiary/aromatic N) is 2. The number of ether oxygens (including phenoxy) is 2. The van der Waals surface area contributed by atoms with Gasteiger partial charge in [0.15, 0.2) is 11.5 Å². The number of likely N-dealkylation sites (tertiary alicyclic amines) is 1. The molecule has 0 bridgehead atoms. The first-order valence-electron chi connectivity index (χ1n) is 8.71. The maximum Gasteiger partial charge on any atom is 0.387 e. The molecule has 0 aromatic heterocycles. The Balaban J connectivity index is 1.65. The second kappa shape index (κ2) is 8.04. The van der Waals surface area contributed by atoms with E-state index in [1.165, 1.54) is 18.1 Å². The van der Waals surface area contributed by atoms with Crippen LogP contribution in [-0.2, 0) is 16.1 Å². The van der Waals surface area contributed by atoms with Crippen molar-refractivity contribution in [1.29, 1.82) is 0 Å². The predicted molar refractivity (Wildman–Crippen MR) is 93.2 cm³/mol. The topological polar surface area (TPSA) is 59.1 Å². The quantitative estimate of drug-likeness (QED) is 0.538. The van der Waals surface area contributed by atoms with E-state index in [4.69, 9.17) is 4.74 Å². The molecule has 2 aliphatic rings. The summed E-state index contributed by atoms with van der Waals surface area (Å²) < 4.78 is 34.3. The molecule has 2 atom stereocenters. The number of hydrogen-bond donors (Lipinski definition) is 0. The number of methoxy groups -OCH3 is 1. The first kappa shape index (κ1) is 19.3. The van der Waals surface area contributed by atoms with Crippen LogP contribution < -0.4 is 9.47 Å². The number of fused-ring (bicyclic) bond motifs is 1. The minimum Gasteiger partial charge on any atom is -0.493 e. The van der Waals surface area contributed by atoms with E-state index < -0.39 is 6.61 Å². The molecule has 27 heavy (non-hydrogen) atoms. The maximum absolute atomic E-state index is 12.5. The molecule has 1 aromatic carbocycles. The normalized spacial score (nSPS) is 21.9. The fraction of sp³-hybridized carbons (Fsp3) is 0.474. The maximum atomic E-state index is 12.5. The Morgan fingerprint density at radius 2 is 1.78 bits per heavy atom. The van der Waals surface area contributed by atoms with Gasteiger partial charge in [0.05, 0.1) is 25.6 Å². The molecule has 8 heteroatoms. The summed E-state index contributed by atoms with van der Waals surface area (Å²) in [7, 11) is 3.16. The van der Waals surface area contributed by atoms with Crippen molar-refractivity contribution in [2.24, 2.45) is 11.8 Å². The molecule has 2 amide bonds. The highest BCUT2D eigenvalue weighted by Crippen LogP contribution is 2.35. The number of alkyl halides is 2. The van der Waals surface area contributed by atoms with Gasteiger partial charge in [-0.1, -0.05) is 18.2 Å². The number of halogens is 2. The van der Waals surface area contributed by atoms with Gasteiger partial charge in [-0.15, -0.1) is 0 Å². The van der Waals surface area contributed by atoms with Crippen molar-refractivity contribution in [2.75, 3.05) is 20.8 Å². The van der Waals surface area contributed by atoms with Crippen LogP contribution in [0.2, 0.25) is 0 Å². The Hall–Kier alpha value is -2.48. The first-order chi connectivity index (χ1) is 12.9. The van der Waals surface area contributed by atoms with Crippen molar-refractivity contribution < 1.29 is 27.8 Å². The van der Waals surface area contributed by atoms with Crippen LogP contribution in [0.1, 0.15) is 18.4 Å². The van der Waals surface area contributed by atoms with Gasteiger partial charge in [0, 0.05) is 6.54 Å². The largest absolute Gasteiger partial charge is 0.493 e. The molecular weight excluding hydrogens is 358 g/mol.